The summed E-state index contributed by atoms with van der Waals surface area (Å²) in [4.78, 5) is 71.9. The molecule has 8 N–H and O–H groups in total. The number of hydrogen-bond donors (Lipinski definition) is 4. The zero-order chi connectivity index (χ0) is 73.9. The van der Waals surface area contributed by atoms with Crippen molar-refractivity contribution in [1.29, 1.82) is 0 Å². The van der Waals surface area contributed by atoms with Crippen molar-refractivity contribution in [2.45, 2.75) is 154 Å². The van der Waals surface area contributed by atoms with E-state index in [1.54, 1.807) is 119 Å². The molecule has 0 spiro atoms. The van der Waals surface area contributed by atoms with Crippen molar-refractivity contribution < 1.29 is 158 Å². The number of rotatable bonds is 40. The zero-order valence-corrected chi connectivity index (χ0v) is 72.5. The van der Waals surface area contributed by atoms with Crippen molar-refractivity contribution in [3.05, 3.63) is 185 Å². The van der Waals surface area contributed by atoms with Gasteiger partial charge in [0, 0.05) is 124 Å². The van der Waals surface area contributed by atoms with Crippen LogP contribution in [0.3, 0.4) is 0 Å². The summed E-state index contributed by atoms with van der Waals surface area (Å²) in [6.07, 6.45) is 14.5. The average molecular weight is 1960 g/mol. The molecular weight excluding hydrogens is 1870 g/mol. The molecule has 6 unspecified atom stereocenters. The van der Waals surface area contributed by atoms with Gasteiger partial charge in [-0.3, -0.25) is 48.5 Å². The fourth-order valence-electron chi connectivity index (χ4n) is 11.4. The number of carbonyl (C=O) groups is 4. The van der Waals surface area contributed by atoms with E-state index in [0.29, 0.717) is 114 Å². The first-order chi connectivity index (χ1) is 48.8. The van der Waals surface area contributed by atoms with Gasteiger partial charge in [-0.05, 0) is 187 Å². The number of ether oxygens (including phenoxy) is 2. The largest absolute Gasteiger partial charge is 0.667 e. The standard InChI is InChI=1S/C35H46ClN5O9P.C35H46ClN5O8PS.2Ac/c1-24(27-12-16-32(30(21-27)34(38)42)47-22-26-8-4-3-5-9-26)39-35(43)31(37)20-25-10-13-28(14-11-25)50-51(46,40(2)19-7-6-18-36)48-23-29-15-17-33(49-29)41(44)45;1-24(27-12-16-32(30(21-27)34(38)42)47-22-26-8-4-3-5-9-26)39-35(43)31(37)20-25-10-13-28(14-11-25)49-50(46,40(2)19-7-6-18-36)48-23-29-15-17-33(51-29)41(44)45;;/h2*10-17,21,24,26,31,37H,3-9,18-20,22-23H2,1-2H3,(H2,38,42)(H,39,43);;/q2*-1;;. The number of thiophene rings is 1. The molecule has 0 aliphatic heterocycles. The first-order valence-corrected chi connectivity index (χ1v) is 38.9. The molecule has 2 saturated carbocycles. The van der Waals surface area contributed by atoms with E-state index in [9.17, 15) is 48.5 Å². The number of unbranched alkanes of at least 4 members (excludes halogenated alkanes) is 2. The van der Waals surface area contributed by atoms with Gasteiger partial charge in [0.15, 0.2) is 0 Å². The maximum absolute atomic E-state index is 13.9. The maximum atomic E-state index is 13.9. The Bertz CT molecular complexity index is 3590. The molecule has 2 heterocycles. The van der Waals surface area contributed by atoms with Crippen LogP contribution in [0.2, 0.25) is 0 Å². The van der Waals surface area contributed by atoms with Crippen LogP contribution in [-0.2, 0) is 53.8 Å². The number of halogens is 2. The number of nitrogens with two attached hydrogens (primary N) is 2. The van der Waals surface area contributed by atoms with Gasteiger partial charge in [-0.25, -0.2) is 18.5 Å². The van der Waals surface area contributed by atoms with E-state index in [4.69, 9.17) is 78.1 Å². The third kappa shape index (κ3) is 28.8. The molecule has 34 heteroatoms. The number of benzene rings is 4. The van der Waals surface area contributed by atoms with E-state index in [-0.39, 0.29) is 148 Å². The van der Waals surface area contributed by atoms with Crippen LogP contribution < -0.4 is 40.6 Å². The summed E-state index contributed by atoms with van der Waals surface area (Å²) in [5, 5.41) is 27.7. The number of primary amides is 2. The number of alkyl halides is 2. The first kappa shape index (κ1) is 90.0. The van der Waals surface area contributed by atoms with E-state index >= 15 is 0 Å². The Labute approximate surface area is 692 Å². The predicted molar refractivity (Wildman–Crippen MR) is 391 cm³/mol. The molecule has 104 heavy (non-hydrogen) atoms. The van der Waals surface area contributed by atoms with E-state index in [2.05, 4.69) is 10.6 Å². The molecule has 27 nitrogen and oxygen atoms in total. The normalized spacial score (nSPS) is 15.6. The van der Waals surface area contributed by atoms with Gasteiger partial charge >= 0.3 is 26.4 Å². The van der Waals surface area contributed by atoms with Crippen molar-refractivity contribution in [3.63, 3.8) is 0 Å². The Hall–Kier alpha value is -4.58. The van der Waals surface area contributed by atoms with Crippen LogP contribution in [0.15, 0.2) is 114 Å². The van der Waals surface area contributed by atoms with Crippen LogP contribution in [0.5, 0.6) is 23.0 Å². The number of nitro groups is 2. The summed E-state index contributed by atoms with van der Waals surface area (Å²) in [5.41, 5.74) is 31.5. The number of nitrogens with one attached hydrogen (secondary N) is 4. The second kappa shape index (κ2) is 45.4. The quantitative estimate of drug-likeness (QED) is 0.00912. The minimum atomic E-state index is -3.96. The van der Waals surface area contributed by atoms with Crippen LogP contribution in [-0.4, -0.2) is 107 Å². The Morgan fingerprint density at radius 2 is 1.03 bits per heavy atom. The molecule has 8 rings (SSSR count). The van der Waals surface area contributed by atoms with Gasteiger partial charge in [-0.1, -0.05) is 98.3 Å². The van der Waals surface area contributed by atoms with Crippen LogP contribution in [0, 0.1) is 120 Å². The molecule has 2 fully saturated rings. The molecule has 2 aliphatic rings. The van der Waals surface area contributed by atoms with Crippen LogP contribution in [0.25, 0.3) is 11.5 Å². The van der Waals surface area contributed by atoms with Crippen LogP contribution in [0.4, 0.5) is 10.9 Å². The molecule has 6 atom stereocenters. The van der Waals surface area contributed by atoms with Gasteiger partial charge in [0.25, 0.3) is 11.8 Å². The Morgan fingerprint density at radius 1 is 0.606 bits per heavy atom. The number of carbonyl (C=O) groups excluding carboxylic acids is 4. The first-order valence-electron chi connectivity index (χ1n) is 34.0. The third-order valence-corrected chi connectivity index (χ3v) is 22.8. The number of furan rings is 1. The summed E-state index contributed by atoms with van der Waals surface area (Å²) < 4.78 is 71.0. The fourth-order valence-corrected chi connectivity index (χ4v) is 15.5. The smallest absolute Gasteiger partial charge is 0.461 e. The van der Waals surface area contributed by atoms with Crippen molar-refractivity contribution in [2.24, 2.45) is 23.3 Å². The van der Waals surface area contributed by atoms with Gasteiger partial charge in [0.05, 0.1) is 54.0 Å². The van der Waals surface area contributed by atoms with Crippen LogP contribution >= 0.6 is 50.0 Å². The fraction of sp³-hybridized carbons (Fsp3) is 0.486. The van der Waals surface area contributed by atoms with Crippen LogP contribution in [0.1, 0.15) is 169 Å². The molecule has 2 aliphatic carbocycles. The summed E-state index contributed by atoms with van der Waals surface area (Å²) >= 11 is 12.5. The molecule has 2 aromatic heterocycles. The molecule has 0 bridgehead atoms. The monoisotopic (exact) mass is 1960 g/mol. The second-order valence-electron chi connectivity index (χ2n) is 25.3. The SMILES string of the molecule is CC(NC(=O)C([NH-])Cc1ccc(OP(=O)(OCc2ccc([N+](=O)[O-])o2)N(C)CCCCCl)cc1)c1ccc(OCC2CCCCC2)c(C(N)=O)c1.CC(NC(=O)C([NH-])Cc1ccc(OP(=O)(OCc2ccc([N+](=O)[O-])s2)N(C)CCCCCl)cc1)c1ccc(OCC2CCCCC2)c(C(N)=O)c1.[Ac].[Ac]. The number of nitrogens with zero attached hydrogens (tertiary/aromatic N) is 4. The summed E-state index contributed by atoms with van der Waals surface area (Å²) in [5.74, 6) is 0.518. The minimum absolute atomic E-state index is 0. The van der Waals surface area contributed by atoms with E-state index in [1.807, 2.05) is 0 Å². The predicted octanol–water partition coefficient (Wildman–Crippen LogP) is 16.0. The van der Waals surface area contributed by atoms with Gasteiger partial charge in [-0.2, -0.15) is 0 Å². The van der Waals surface area contributed by atoms with E-state index in [1.165, 1.54) is 66.1 Å². The van der Waals surface area contributed by atoms with E-state index < -0.39 is 79.0 Å². The van der Waals surface area contributed by atoms with Gasteiger partial charge in [0.2, 0.25) is 11.8 Å². The summed E-state index contributed by atoms with van der Waals surface area (Å²) in [7, 11) is -4.66. The molecule has 562 valence electrons. The van der Waals surface area contributed by atoms with Gasteiger partial charge < -0.3 is 56.5 Å². The van der Waals surface area contributed by atoms with Crippen molar-refractivity contribution >= 4 is 84.5 Å². The summed E-state index contributed by atoms with van der Waals surface area (Å²) in [6.45, 7) is 4.83. The van der Waals surface area contributed by atoms with Crippen molar-refractivity contribution in [1.82, 2.24) is 20.0 Å². The third-order valence-electron chi connectivity index (χ3n) is 17.4. The Morgan fingerprint density at radius 3 is 1.40 bits per heavy atom. The average Bonchev–Trinajstić information content (AvgIpc) is 1.07. The summed E-state index contributed by atoms with van der Waals surface area (Å²) in [6, 6.07) is 25.4. The topological polar surface area (TPSA) is 387 Å². The minimum Gasteiger partial charge on any atom is -0.667 e. The molecule has 2 radical (unpaired) electrons. The number of amides is 4. The van der Waals surface area contributed by atoms with Crippen molar-refractivity contribution in [2.75, 3.05) is 52.2 Å². The molecular formula is C70H92Ac2Cl2N10O17P2S-2. The molecule has 4 aromatic carbocycles. The zero-order valence-electron chi connectivity index (χ0n) is 58.9. The molecule has 4 amide bonds. The maximum Gasteiger partial charge on any atom is 0.461 e. The van der Waals surface area contributed by atoms with Crippen molar-refractivity contribution in [3.8, 4) is 23.0 Å². The second-order valence-corrected chi connectivity index (χ2v) is 31.4. The Kier molecular flexibility index (Phi) is 39.3. The Balaban J connectivity index is 0.000000367. The molecule has 6 aromatic rings. The van der Waals surface area contributed by atoms with Gasteiger partial charge in [0.1, 0.15) is 40.3 Å². The van der Waals surface area contributed by atoms with E-state index in [0.717, 1.165) is 37.0 Å². The van der Waals surface area contributed by atoms with Gasteiger partial charge in [-0.15, -0.1) is 23.2 Å². The number of hydrogen-bond acceptors (Lipinski definition) is 18. The molecule has 0 saturated heterocycles.